The first kappa shape index (κ1) is 27.5. The Morgan fingerprint density at radius 1 is 1.15 bits per heavy atom. The highest BCUT2D eigenvalue weighted by Crippen LogP contribution is 2.43. The maximum atomic E-state index is 15.5. The van der Waals surface area contributed by atoms with E-state index in [2.05, 4.69) is 5.16 Å². The van der Waals surface area contributed by atoms with E-state index < -0.39 is 47.0 Å². The van der Waals surface area contributed by atoms with Crippen LogP contribution in [0.2, 0.25) is 0 Å². The fourth-order valence-electron chi connectivity index (χ4n) is 4.98. The Morgan fingerprint density at radius 3 is 2.55 bits per heavy atom. The van der Waals surface area contributed by atoms with Crippen LogP contribution < -0.4 is 10.3 Å². The van der Waals surface area contributed by atoms with Gasteiger partial charge in [-0.3, -0.25) is 9.36 Å². The molecule has 0 spiro atoms. The van der Waals surface area contributed by atoms with Crippen molar-refractivity contribution < 1.29 is 36.3 Å². The minimum Gasteiger partial charge on any atom is -0.494 e. The quantitative estimate of drug-likeness (QED) is 0.118. The molecule has 3 heterocycles. The van der Waals surface area contributed by atoms with Gasteiger partial charge in [0.05, 0.1) is 35.6 Å². The standard InChI is InChI=1S/C28H21F5N2O4S/c1-14-16(12-17-18(28(31,32)33)7-4-8-19(17)29)27-35(20(13-40-27)25(34-37)22-10-5-11-39-22)26(36)23(14)15-6-3-9-21(38-2)24(15)30/h3-11,20,37H,12-13H2,1-2H3. The Labute approximate surface area is 228 Å². The zero-order valence-corrected chi connectivity index (χ0v) is 21.9. The molecule has 0 radical (unpaired) electrons. The summed E-state index contributed by atoms with van der Waals surface area (Å²) in [4.78, 5) is 14.1. The van der Waals surface area contributed by atoms with Crippen molar-refractivity contribution >= 4 is 17.5 Å². The number of nitrogens with zero attached hydrogens (tertiary/aromatic N) is 2. The first-order valence-electron chi connectivity index (χ1n) is 11.9. The number of rotatable bonds is 6. The molecule has 1 N–H and O–H groups in total. The molecule has 40 heavy (non-hydrogen) atoms. The minimum absolute atomic E-state index is 0.00732. The second-order valence-electron chi connectivity index (χ2n) is 9.01. The lowest BCUT2D eigenvalue weighted by Gasteiger charge is -2.22. The predicted octanol–water partition coefficient (Wildman–Crippen LogP) is 6.84. The lowest BCUT2D eigenvalue weighted by atomic mass is 9.92. The van der Waals surface area contributed by atoms with Gasteiger partial charge in [-0.25, -0.2) is 8.78 Å². The summed E-state index contributed by atoms with van der Waals surface area (Å²) in [5.41, 5.74) is -2.32. The van der Waals surface area contributed by atoms with Gasteiger partial charge in [0.15, 0.2) is 17.3 Å². The number of hydrogen-bond donors (Lipinski definition) is 1. The molecular weight excluding hydrogens is 555 g/mol. The number of halogens is 5. The topological polar surface area (TPSA) is 77.0 Å². The Bertz CT molecular complexity index is 1680. The first-order chi connectivity index (χ1) is 19.1. The minimum atomic E-state index is -4.84. The van der Waals surface area contributed by atoms with Gasteiger partial charge >= 0.3 is 6.18 Å². The Hall–Kier alpha value is -4.06. The molecule has 6 nitrogen and oxygen atoms in total. The number of ether oxygens (including phenoxy) is 1. The summed E-state index contributed by atoms with van der Waals surface area (Å²) in [6.07, 6.45) is -4.03. The van der Waals surface area contributed by atoms with Gasteiger partial charge in [-0.15, -0.1) is 11.8 Å². The summed E-state index contributed by atoms with van der Waals surface area (Å²) in [6, 6.07) is 9.05. The van der Waals surface area contributed by atoms with Gasteiger partial charge in [-0.2, -0.15) is 13.2 Å². The molecule has 1 unspecified atom stereocenters. The van der Waals surface area contributed by atoms with Crippen LogP contribution in [0.1, 0.15) is 34.1 Å². The lowest BCUT2D eigenvalue weighted by molar-refractivity contribution is -0.138. The summed E-state index contributed by atoms with van der Waals surface area (Å²) in [5, 5.41) is 13.4. The van der Waals surface area contributed by atoms with E-state index >= 15 is 4.39 Å². The van der Waals surface area contributed by atoms with Crippen molar-refractivity contribution in [3.8, 4) is 16.9 Å². The van der Waals surface area contributed by atoms with E-state index in [0.717, 1.165) is 30.0 Å². The van der Waals surface area contributed by atoms with Crippen molar-refractivity contribution in [2.45, 2.75) is 30.6 Å². The van der Waals surface area contributed by atoms with E-state index in [4.69, 9.17) is 9.15 Å². The predicted molar refractivity (Wildman–Crippen MR) is 138 cm³/mol. The molecule has 1 atom stereocenters. The second-order valence-corrected chi connectivity index (χ2v) is 10.0. The van der Waals surface area contributed by atoms with Crippen LogP contribution in [0.15, 0.2) is 74.2 Å². The smallest absolute Gasteiger partial charge is 0.416 e. The third-order valence-electron chi connectivity index (χ3n) is 6.85. The first-order valence-corrected chi connectivity index (χ1v) is 12.9. The zero-order chi connectivity index (χ0) is 28.8. The molecule has 0 fully saturated rings. The van der Waals surface area contributed by atoms with Crippen LogP contribution in [-0.4, -0.2) is 28.3 Å². The highest BCUT2D eigenvalue weighted by Gasteiger charge is 2.38. The van der Waals surface area contributed by atoms with Crippen LogP contribution >= 0.6 is 11.8 Å². The van der Waals surface area contributed by atoms with Crippen LogP contribution in [0.5, 0.6) is 5.75 Å². The number of aromatic nitrogens is 1. The van der Waals surface area contributed by atoms with Gasteiger partial charge in [0, 0.05) is 23.3 Å². The third-order valence-corrected chi connectivity index (χ3v) is 8.05. The van der Waals surface area contributed by atoms with E-state index in [9.17, 15) is 27.6 Å². The summed E-state index contributed by atoms with van der Waals surface area (Å²) in [7, 11) is 1.26. The van der Waals surface area contributed by atoms with Crippen molar-refractivity contribution in [2.75, 3.05) is 12.9 Å². The highest BCUT2D eigenvalue weighted by atomic mass is 32.2. The zero-order valence-electron chi connectivity index (χ0n) is 21.1. The van der Waals surface area contributed by atoms with Crippen molar-refractivity contribution in [1.29, 1.82) is 0 Å². The number of benzene rings is 2. The highest BCUT2D eigenvalue weighted by molar-refractivity contribution is 7.99. The van der Waals surface area contributed by atoms with Crippen molar-refractivity contribution in [2.24, 2.45) is 5.16 Å². The van der Waals surface area contributed by atoms with E-state index in [1.165, 1.54) is 49.1 Å². The molecule has 0 saturated carbocycles. The molecule has 208 valence electrons. The molecule has 1 aliphatic heterocycles. The number of fused-ring (bicyclic) bond motifs is 1. The van der Waals surface area contributed by atoms with Crippen LogP contribution in [0, 0.1) is 18.6 Å². The molecule has 0 bridgehead atoms. The monoisotopic (exact) mass is 576 g/mol. The van der Waals surface area contributed by atoms with E-state index in [1.54, 1.807) is 6.07 Å². The Morgan fingerprint density at radius 2 is 1.90 bits per heavy atom. The van der Waals surface area contributed by atoms with E-state index in [1.807, 2.05) is 0 Å². The fraction of sp³-hybridized carbons (Fsp3) is 0.214. The number of methoxy groups -OCH3 is 1. The number of hydrogen-bond acceptors (Lipinski definition) is 6. The number of oxime groups is 1. The Kier molecular flexibility index (Phi) is 7.21. The van der Waals surface area contributed by atoms with E-state index in [0.29, 0.717) is 0 Å². The lowest BCUT2D eigenvalue weighted by Crippen LogP contribution is -2.32. The molecular formula is C28H21F5N2O4S. The van der Waals surface area contributed by atoms with Gasteiger partial charge in [-0.1, -0.05) is 23.4 Å². The second kappa shape index (κ2) is 10.5. The molecule has 0 aliphatic carbocycles. The molecule has 2 aromatic carbocycles. The fourth-order valence-corrected chi connectivity index (χ4v) is 6.35. The van der Waals surface area contributed by atoms with Crippen LogP contribution in [0.3, 0.4) is 0 Å². The third kappa shape index (κ3) is 4.55. The number of pyridine rings is 1. The largest absolute Gasteiger partial charge is 0.494 e. The Balaban J connectivity index is 1.82. The van der Waals surface area contributed by atoms with Gasteiger partial charge < -0.3 is 14.4 Å². The molecule has 1 aliphatic rings. The SMILES string of the molecule is COc1cccc(-c2c(C)c(Cc3c(F)cccc3C(F)(F)F)c3n(c2=O)C(C(=NO)c2ccco2)CS3)c1F. The van der Waals surface area contributed by atoms with Crippen molar-refractivity contribution in [1.82, 2.24) is 4.57 Å². The van der Waals surface area contributed by atoms with Crippen LogP contribution in [0.25, 0.3) is 11.1 Å². The summed E-state index contributed by atoms with van der Waals surface area (Å²) in [6.45, 7) is 1.49. The van der Waals surface area contributed by atoms with E-state index in [-0.39, 0.29) is 50.3 Å². The number of thioether (sulfide) groups is 1. The van der Waals surface area contributed by atoms with Gasteiger partial charge in [0.1, 0.15) is 11.5 Å². The van der Waals surface area contributed by atoms with Crippen molar-refractivity contribution in [3.05, 3.63) is 105 Å². The average molecular weight is 577 g/mol. The van der Waals surface area contributed by atoms with Gasteiger partial charge in [0.2, 0.25) is 0 Å². The summed E-state index contributed by atoms with van der Waals surface area (Å²) < 4.78 is 83.8. The average Bonchev–Trinajstić information content (AvgIpc) is 3.60. The van der Waals surface area contributed by atoms with Crippen LogP contribution in [-0.2, 0) is 12.6 Å². The maximum Gasteiger partial charge on any atom is 0.416 e. The molecule has 12 heteroatoms. The van der Waals surface area contributed by atoms with Gasteiger partial charge in [0.25, 0.3) is 5.56 Å². The maximum absolute atomic E-state index is 15.5. The van der Waals surface area contributed by atoms with Crippen molar-refractivity contribution in [3.63, 3.8) is 0 Å². The molecule has 5 rings (SSSR count). The van der Waals surface area contributed by atoms with Crippen LogP contribution in [0.4, 0.5) is 22.0 Å². The molecule has 0 amide bonds. The summed E-state index contributed by atoms with van der Waals surface area (Å²) >= 11 is 1.13. The number of alkyl halides is 3. The van der Waals surface area contributed by atoms with Gasteiger partial charge in [-0.05, 0) is 48.4 Å². The molecule has 0 saturated heterocycles. The molecule has 4 aromatic rings. The number of furan rings is 1. The summed E-state index contributed by atoms with van der Waals surface area (Å²) in [5.74, 6) is -1.74. The molecule has 2 aromatic heterocycles. The normalized spacial score (nSPS) is 15.4.